The first-order chi connectivity index (χ1) is 6.02. The van der Waals surface area contributed by atoms with Gasteiger partial charge in [0.15, 0.2) is 0 Å². The molecule has 0 unspecified atom stereocenters. The van der Waals surface area contributed by atoms with Crippen LogP contribution in [0.4, 0.5) is 0 Å². The number of hydrogen-bond acceptors (Lipinski definition) is 2. The van der Waals surface area contributed by atoms with Gasteiger partial charge in [0, 0.05) is 6.20 Å². The lowest BCUT2D eigenvalue weighted by molar-refractivity contribution is 0.0995. The first kappa shape index (κ1) is 9.71. The molecule has 2 N–H and O–H groups in total. The van der Waals surface area contributed by atoms with Crippen LogP contribution in [0.5, 0.6) is 0 Å². The van der Waals surface area contributed by atoms with Crippen molar-refractivity contribution in [1.29, 1.82) is 0 Å². The number of pyridine rings is 1. The molecule has 3 heteroatoms. The molecule has 0 bridgehead atoms. The minimum absolute atomic E-state index is 0.342. The molecule has 1 amide bonds. The Morgan fingerprint density at radius 3 is 2.62 bits per heavy atom. The number of primary amides is 1. The maximum absolute atomic E-state index is 10.8. The molecule has 0 saturated heterocycles. The average Bonchev–Trinajstić information content (AvgIpc) is 2.04. The first-order valence-corrected chi connectivity index (χ1v) is 4.28. The first-order valence-electron chi connectivity index (χ1n) is 4.28. The third-order valence-corrected chi connectivity index (χ3v) is 2.02. The summed E-state index contributed by atoms with van der Waals surface area (Å²) in [6.45, 7) is 6.13. The Morgan fingerprint density at radius 2 is 2.15 bits per heavy atom. The zero-order valence-electron chi connectivity index (χ0n) is 8.16. The van der Waals surface area contributed by atoms with Crippen molar-refractivity contribution >= 4 is 5.91 Å². The lowest BCUT2D eigenvalue weighted by atomic mass is 9.99. The molecule has 1 rings (SSSR count). The zero-order valence-corrected chi connectivity index (χ0v) is 8.16. The summed E-state index contributed by atoms with van der Waals surface area (Å²) in [5.74, 6) is -0.0806. The number of nitrogens with two attached hydrogens (primary N) is 1. The van der Waals surface area contributed by atoms with Crippen LogP contribution in [0.25, 0.3) is 0 Å². The van der Waals surface area contributed by atoms with E-state index in [-0.39, 0.29) is 0 Å². The highest BCUT2D eigenvalue weighted by atomic mass is 16.1. The van der Waals surface area contributed by atoms with Gasteiger partial charge >= 0.3 is 0 Å². The van der Waals surface area contributed by atoms with Gasteiger partial charge in [0.05, 0.1) is 0 Å². The fourth-order valence-corrected chi connectivity index (χ4v) is 1.30. The van der Waals surface area contributed by atoms with Crippen LogP contribution in [0.2, 0.25) is 0 Å². The number of rotatable bonds is 2. The maximum atomic E-state index is 10.8. The van der Waals surface area contributed by atoms with E-state index in [2.05, 4.69) is 18.8 Å². The Bertz CT molecular complexity index is 332. The van der Waals surface area contributed by atoms with Crippen molar-refractivity contribution in [2.24, 2.45) is 5.73 Å². The van der Waals surface area contributed by atoms with Crippen LogP contribution in [-0.2, 0) is 0 Å². The molecule has 1 aromatic heterocycles. The summed E-state index contributed by atoms with van der Waals surface area (Å²) in [6, 6.07) is 1.77. The molecule has 0 radical (unpaired) electrons. The number of hydrogen-bond donors (Lipinski definition) is 1. The van der Waals surface area contributed by atoms with E-state index in [4.69, 9.17) is 5.73 Å². The van der Waals surface area contributed by atoms with E-state index in [1.807, 2.05) is 6.92 Å². The Labute approximate surface area is 78.0 Å². The lowest BCUT2D eigenvalue weighted by Crippen LogP contribution is -2.14. The summed E-state index contributed by atoms with van der Waals surface area (Å²) in [5.41, 5.74) is 7.70. The van der Waals surface area contributed by atoms with E-state index < -0.39 is 5.91 Å². The summed E-state index contributed by atoms with van der Waals surface area (Å²) < 4.78 is 0. The summed E-state index contributed by atoms with van der Waals surface area (Å²) >= 11 is 0. The van der Waals surface area contributed by atoms with Gasteiger partial charge in [-0.05, 0) is 30.0 Å². The van der Waals surface area contributed by atoms with Gasteiger partial charge in [0.25, 0.3) is 5.91 Å². The summed E-state index contributed by atoms with van der Waals surface area (Å²) in [4.78, 5) is 14.8. The van der Waals surface area contributed by atoms with Gasteiger partial charge in [0.2, 0.25) is 0 Å². The predicted molar refractivity (Wildman–Crippen MR) is 51.6 cm³/mol. The van der Waals surface area contributed by atoms with Crippen LogP contribution < -0.4 is 5.73 Å². The van der Waals surface area contributed by atoms with Crippen molar-refractivity contribution in [3.05, 3.63) is 29.1 Å². The zero-order chi connectivity index (χ0) is 10.0. The minimum Gasteiger partial charge on any atom is -0.364 e. The summed E-state index contributed by atoms with van der Waals surface area (Å²) in [6.07, 6.45) is 1.69. The monoisotopic (exact) mass is 178 g/mol. The SMILES string of the molecule is Cc1cnc(C(N)=O)cc1C(C)C. The molecule has 3 nitrogen and oxygen atoms in total. The molecular formula is C10H14N2O. The van der Waals surface area contributed by atoms with Crippen molar-refractivity contribution in [1.82, 2.24) is 4.98 Å². The lowest BCUT2D eigenvalue weighted by Gasteiger charge is -2.09. The second kappa shape index (κ2) is 3.56. The van der Waals surface area contributed by atoms with Crippen LogP contribution in [0.3, 0.4) is 0 Å². The number of nitrogens with zero attached hydrogens (tertiary/aromatic N) is 1. The Kier molecular flexibility index (Phi) is 2.66. The molecule has 0 aliphatic carbocycles. The fraction of sp³-hybridized carbons (Fsp3) is 0.400. The van der Waals surface area contributed by atoms with Crippen molar-refractivity contribution in [2.45, 2.75) is 26.7 Å². The second-order valence-electron chi connectivity index (χ2n) is 3.45. The highest BCUT2D eigenvalue weighted by Crippen LogP contribution is 2.18. The topological polar surface area (TPSA) is 56.0 Å². The minimum atomic E-state index is -0.470. The van der Waals surface area contributed by atoms with Crippen molar-refractivity contribution in [2.75, 3.05) is 0 Å². The fourth-order valence-electron chi connectivity index (χ4n) is 1.30. The Hall–Kier alpha value is -1.38. The largest absolute Gasteiger partial charge is 0.364 e. The van der Waals surface area contributed by atoms with E-state index in [9.17, 15) is 4.79 Å². The standard InChI is InChI=1S/C10H14N2O/c1-6(2)8-4-9(10(11)13)12-5-7(8)3/h4-6H,1-3H3,(H2,11,13). The Morgan fingerprint density at radius 1 is 1.54 bits per heavy atom. The number of carbonyl (C=O) groups excluding carboxylic acids is 1. The van der Waals surface area contributed by atoms with E-state index in [1.54, 1.807) is 12.3 Å². The molecule has 70 valence electrons. The molecule has 1 heterocycles. The number of carbonyl (C=O) groups is 1. The van der Waals surface area contributed by atoms with Gasteiger partial charge in [-0.15, -0.1) is 0 Å². The third-order valence-electron chi connectivity index (χ3n) is 2.02. The number of aryl methyl sites for hydroxylation is 1. The van der Waals surface area contributed by atoms with Gasteiger partial charge in [0.1, 0.15) is 5.69 Å². The third kappa shape index (κ3) is 2.05. The second-order valence-corrected chi connectivity index (χ2v) is 3.45. The molecule has 0 saturated carbocycles. The summed E-state index contributed by atoms with van der Waals surface area (Å²) in [5, 5.41) is 0. The van der Waals surface area contributed by atoms with Gasteiger partial charge in [-0.1, -0.05) is 13.8 Å². The number of amides is 1. The van der Waals surface area contributed by atoms with E-state index in [0.29, 0.717) is 11.6 Å². The highest BCUT2D eigenvalue weighted by molar-refractivity contribution is 5.90. The summed E-state index contributed by atoms with van der Waals surface area (Å²) in [7, 11) is 0. The van der Waals surface area contributed by atoms with Crippen LogP contribution in [-0.4, -0.2) is 10.9 Å². The molecule has 0 fully saturated rings. The van der Waals surface area contributed by atoms with Crippen LogP contribution in [0.1, 0.15) is 41.4 Å². The molecule has 0 aliphatic heterocycles. The number of aromatic nitrogens is 1. The van der Waals surface area contributed by atoms with Crippen molar-refractivity contribution in [3.63, 3.8) is 0 Å². The van der Waals surface area contributed by atoms with Crippen molar-refractivity contribution < 1.29 is 4.79 Å². The average molecular weight is 178 g/mol. The van der Waals surface area contributed by atoms with E-state index >= 15 is 0 Å². The van der Waals surface area contributed by atoms with Gasteiger partial charge < -0.3 is 5.73 Å². The van der Waals surface area contributed by atoms with Crippen LogP contribution in [0.15, 0.2) is 12.3 Å². The Balaban J connectivity index is 3.19. The maximum Gasteiger partial charge on any atom is 0.267 e. The quantitative estimate of drug-likeness (QED) is 0.748. The van der Waals surface area contributed by atoms with Crippen molar-refractivity contribution in [3.8, 4) is 0 Å². The molecule has 0 spiro atoms. The predicted octanol–water partition coefficient (Wildman–Crippen LogP) is 1.61. The van der Waals surface area contributed by atoms with Crippen LogP contribution >= 0.6 is 0 Å². The molecule has 0 aliphatic rings. The van der Waals surface area contributed by atoms with Crippen LogP contribution in [0, 0.1) is 6.92 Å². The van der Waals surface area contributed by atoms with Gasteiger partial charge in [-0.3, -0.25) is 9.78 Å². The normalized spacial score (nSPS) is 10.5. The van der Waals surface area contributed by atoms with E-state index in [0.717, 1.165) is 11.1 Å². The van der Waals surface area contributed by atoms with Gasteiger partial charge in [-0.2, -0.15) is 0 Å². The molecule has 13 heavy (non-hydrogen) atoms. The molecule has 1 aromatic rings. The highest BCUT2D eigenvalue weighted by Gasteiger charge is 2.08. The smallest absolute Gasteiger partial charge is 0.267 e. The molecular weight excluding hydrogens is 164 g/mol. The van der Waals surface area contributed by atoms with Gasteiger partial charge in [-0.25, -0.2) is 0 Å². The molecule has 0 aromatic carbocycles. The van der Waals surface area contributed by atoms with E-state index in [1.165, 1.54) is 0 Å². The molecule has 0 atom stereocenters.